The fourth-order valence-electron chi connectivity index (χ4n) is 3.58. The summed E-state index contributed by atoms with van der Waals surface area (Å²) in [6.45, 7) is 4.29. The van der Waals surface area contributed by atoms with Crippen LogP contribution in [0, 0.1) is 5.92 Å². The summed E-state index contributed by atoms with van der Waals surface area (Å²) >= 11 is 0. The summed E-state index contributed by atoms with van der Waals surface area (Å²) in [7, 11) is 0. The van der Waals surface area contributed by atoms with Gasteiger partial charge in [-0.15, -0.1) is 12.4 Å². The first-order chi connectivity index (χ1) is 12.3. The molecule has 1 fully saturated rings. The molecule has 0 spiro atoms. The molecule has 0 saturated carbocycles. The van der Waals surface area contributed by atoms with Crippen molar-refractivity contribution < 1.29 is 4.79 Å². The molecule has 1 amide bonds. The Bertz CT molecular complexity index is 483. The van der Waals surface area contributed by atoms with Crippen LogP contribution in [0.15, 0.2) is 24.3 Å². The van der Waals surface area contributed by atoms with Gasteiger partial charge in [-0.2, -0.15) is 0 Å². The van der Waals surface area contributed by atoms with Gasteiger partial charge in [0.1, 0.15) is 0 Å². The highest BCUT2D eigenvalue weighted by atomic mass is 35.5. The van der Waals surface area contributed by atoms with Crippen LogP contribution in [0.2, 0.25) is 0 Å². The van der Waals surface area contributed by atoms with Crippen molar-refractivity contribution in [2.45, 2.75) is 77.6 Å². The van der Waals surface area contributed by atoms with Gasteiger partial charge < -0.3 is 10.6 Å². The van der Waals surface area contributed by atoms with Crippen LogP contribution in [0.1, 0.15) is 76.7 Å². The molecule has 2 rings (SSSR count). The number of halogens is 1. The highest BCUT2D eigenvalue weighted by Crippen LogP contribution is 2.16. The molecule has 1 heterocycles. The first-order valence-corrected chi connectivity index (χ1v) is 10.4. The standard InChI is InChI=1S/C22H36N2O.ClH/c1-2-3-4-5-6-7-8-9-10-19-11-13-21(14-12-19)24-22(25)17-20-15-16-23-18-20;/h11-14,20,23H,2-10,15-18H2,1H3,(H,24,25);1H/t20-;/m1./s1. The SMILES string of the molecule is CCCCCCCCCCc1ccc(NC(=O)C[C@H]2CCNC2)cc1.Cl. The summed E-state index contributed by atoms with van der Waals surface area (Å²) in [4.78, 5) is 12.1. The van der Waals surface area contributed by atoms with Crippen LogP contribution in [0.3, 0.4) is 0 Å². The lowest BCUT2D eigenvalue weighted by Gasteiger charge is -2.10. The summed E-state index contributed by atoms with van der Waals surface area (Å²) in [6.07, 6.45) is 13.8. The minimum absolute atomic E-state index is 0. The van der Waals surface area contributed by atoms with Crippen LogP contribution < -0.4 is 10.6 Å². The fourth-order valence-corrected chi connectivity index (χ4v) is 3.58. The Balaban J connectivity index is 0.00000338. The average molecular weight is 381 g/mol. The van der Waals surface area contributed by atoms with E-state index < -0.39 is 0 Å². The molecule has 0 bridgehead atoms. The third-order valence-electron chi connectivity index (χ3n) is 5.19. The predicted octanol–water partition coefficient (Wildman–Crippen LogP) is 5.73. The zero-order chi connectivity index (χ0) is 17.7. The number of anilines is 1. The quantitative estimate of drug-likeness (QED) is 0.454. The van der Waals surface area contributed by atoms with E-state index >= 15 is 0 Å². The van der Waals surface area contributed by atoms with Crippen molar-refractivity contribution >= 4 is 24.0 Å². The Morgan fingerprint density at radius 3 is 2.31 bits per heavy atom. The molecule has 1 aromatic rings. The Hall–Kier alpha value is -1.06. The van der Waals surface area contributed by atoms with Crippen LogP contribution in [0.5, 0.6) is 0 Å². The highest BCUT2D eigenvalue weighted by molar-refractivity contribution is 5.90. The van der Waals surface area contributed by atoms with Gasteiger partial charge in [-0.3, -0.25) is 4.79 Å². The van der Waals surface area contributed by atoms with Gasteiger partial charge in [0.15, 0.2) is 0 Å². The minimum atomic E-state index is 0. The highest BCUT2D eigenvalue weighted by Gasteiger charge is 2.17. The topological polar surface area (TPSA) is 41.1 Å². The van der Waals surface area contributed by atoms with E-state index in [1.165, 1.54) is 56.9 Å². The van der Waals surface area contributed by atoms with Crippen LogP contribution in [0.4, 0.5) is 5.69 Å². The second kappa shape index (κ2) is 14.1. The van der Waals surface area contributed by atoms with Crippen LogP contribution >= 0.6 is 12.4 Å². The van der Waals surface area contributed by atoms with Crippen molar-refractivity contribution in [2.75, 3.05) is 18.4 Å². The van der Waals surface area contributed by atoms with Crippen molar-refractivity contribution in [2.24, 2.45) is 5.92 Å². The lowest BCUT2D eigenvalue weighted by Crippen LogP contribution is -2.18. The number of aryl methyl sites for hydroxylation is 1. The van der Waals surface area contributed by atoms with E-state index in [4.69, 9.17) is 0 Å². The summed E-state index contributed by atoms with van der Waals surface area (Å²) in [5.74, 6) is 0.644. The van der Waals surface area contributed by atoms with Gasteiger partial charge in [-0.25, -0.2) is 0 Å². The maximum Gasteiger partial charge on any atom is 0.224 e. The summed E-state index contributed by atoms with van der Waals surface area (Å²) in [5, 5.41) is 6.34. The third-order valence-corrected chi connectivity index (χ3v) is 5.19. The van der Waals surface area contributed by atoms with Gasteiger partial charge in [0.2, 0.25) is 5.91 Å². The molecule has 0 aromatic heterocycles. The molecule has 1 atom stereocenters. The van der Waals surface area contributed by atoms with Gasteiger partial charge in [-0.05, 0) is 56.0 Å². The van der Waals surface area contributed by atoms with Crippen molar-refractivity contribution in [3.8, 4) is 0 Å². The lowest BCUT2D eigenvalue weighted by molar-refractivity contribution is -0.116. The number of amides is 1. The van der Waals surface area contributed by atoms with E-state index in [1.807, 2.05) is 12.1 Å². The normalized spacial score (nSPS) is 16.3. The summed E-state index contributed by atoms with van der Waals surface area (Å²) < 4.78 is 0. The molecule has 4 heteroatoms. The van der Waals surface area contributed by atoms with Crippen LogP contribution in [-0.2, 0) is 11.2 Å². The number of hydrogen-bond acceptors (Lipinski definition) is 2. The van der Waals surface area contributed by atoms with Gasteiger partial charge in [-0.1, -0.05) is 64.0 Å². The van der Waals surface area contributed by atoms with Crippen molar-refractivity contribution in [1.29, 1.82) is 0 Å². The van der Waals surface area contributed by atoms with E-state index in [0.29, 0.717) is 12.3 Å². The number of carbonyl (C=O) groups excluding carboxylic acids is 1. The number of unbranched alkanes of at least 4 members (excludes halogenated alkanes) is 7. The molecule has 2 N–H and O–H groups in total. The lowest BCUT2D eigenvalue weighted by atomic mass is 10.0. The van der Waals surface area contributed by atoms with Gasteiger partial charge >= 0.3 is 0 Å². The first kappa shape index (κ1) is 23.0. The molecule has 3 nitrogen and oxygen atoms in total. The number of rotatable bonds is 12. The van der Waals surface area contributed by atoms with Crippen molar-refractivity contribution in [3.63, 3.8) is 0 Å². The Kier molecular flexibility index (Phi) is 12.4. The monoisotopic (exact) mass is 380 g/mol. The molecule has 0 unspecified atom stereocenters. The smallest absolute Gasteiger partial charge is 0.224 e. The number of carbonyl (C=O) groups is 1. The zero-order valence-corrected chi connectivity index (χ0v) is 17.2. The molecular formula is C22H37ClN2O. The van der Waals surface area contributed by atoms with Crippen molar-refractivity contribution in [3.05, 3.63) is 29.8 Å². The number of hydrogen-bond donors (Lipinski definition) is 2. The predicted molar refractivity (Wildman–Crippen MR) is 114 cm³/mol. The Labute approximate surface area is 166 Å². The van der Waals surface area contributed by atoms with Crippen LogP contribution in [-0.4, -0.2) is 19.0 Å². The maximum absolute atomic E-state index is 12.1. The van der Waals surface area contributed by atoms with Crippen molar-refractivity contribution in [1.82, 2.24) is 5.32 Å². The number of benzene rings is 1. The van der Waals surface area contributed by atoms with E-state index in [9.17, 15) is 4.79 Å². The third kappa shape index (κ3) is 9.59. The van der Waals surface area contributed by atoms with Gasteiger partial charge in [0.25, 0.3) is 0 Å². The Morgan fingerprint density at radius 2 is 1.69 bits per heavy atom. The van der Waals surface area contributed by atoms with Crippen LogP contribution in [0.25, 0.3) is 0 Å². The zero-order valence-electron chi connectivity index (χ0n) is 16.4. The fraction of sp³-hybridized carbons (Fsp3) is 0.682. The summed E-state index contributed by atoms with van der Waals surface area (Å²) in [6, 6.07) is 8.41. The minimum Gasteiger partial charge on any atom is -0.326 e. The first-order valence-electron chi connectivity index (χ1n) is 10.4. The molecule has 26 heavy (non-hydrogen) atoms. The second-order valence-corrected chi connectivity index (χ2v) is 7.53. The molecule has 1 saturated heterocycles. The molecule has 1 aliphatic rings. The van der Waals surface area contributed by atoms with E-state index in [0.717, 1.165) is 31.6 Å². The molecule has 0 aliphatic carbocycles. The van der Waals surface area contributed by atoms with E-state index in [2.05, 4.69) is 29.7 Å². The second-order valence-electron chi connectivity index (χ2n) is 7.53. The largest absolute Gasteiger partial charge is 0.326 e. The van der Waals surface area contributed by atoms with E-state index in [1.54, 1.807) is 0 Å². The number of nitrogens with one attached hydrogen (secondary N) is 2. The van der Waals surface area contributed by atoms with E-state index in [-0.39, 0.29) is 18.3 Å². The molecule has 148 valence electrons. The molecule has 1 aromatic carbocycles. The van der Waals surface area contributed by atoms with Gasteiger partial charge in [0, 0.05) is 12.1 Å². The molecular weight excluding hydrogens is 344 g/mol. The Morgan fingerprint density at radius 1 is 1.04 bits per heavy atom. The maximum atomic E-state index is 12.1. The average Bonchev–Trinajstić information content (AvgIpc) is 3.11. The summed E-state index contributed by atoms with van der Waals surface area (Å²) in [5.41, 5.74) is 2.31. The van der Waals surface area contributed by atoms with Gasteiger partial charge in [0.05, 0.1) is 0 Å². The molecule has 0 radical (unpaired) electrons. The molecule has 1 aliphatic heterocycles.